The summed E-state index contributed by atoms with van der Waals surface area (Å²) in [5.41, 5.74) is 6.38. The van der Waals surface area contributed by atoms with Crippen molar-refractivity contribution in [3.63, 3.8) is 0 Å². The Labute approximate surface area is 281 Å². The van der Waals surface area contributed by atoms with Gasteiger partial charge in [0.15, 0.2) is 6.29 Å². The fourth-order valence-electron chi connectivity index (χ4n) is 5.43. The van der Waals surface area contributed by atoms with Gasteiger partial charge in [0.05, 0.1) is 30.9 Å². The van der Waals surface area contributed by atoms with Gasteiger partial charge in [0.2, 0.25) is 11.1 Å². The quantitative estimate of drug-likeness (QED) is 0.135. The number of carboxylic acid groups (broad SMARTS) is 1. The lowest BCUT2D eigenvalue weighted by Gasteiger charge is -2.36. The van der Waals surface area contributed by atoms with Gasteiger partial charge in [-0.15, -0.1) is 5.10 Å². The standard InChI is InChI=1S/C36H35N5O6S/c42-22-24-12-14-26(15-13-24)32-20-31(23-48-36-38-39-40-41(36)30-10-2-1-3-11-30)46-35(47-32)29-9-5-8-28(19-29)27-7-4-6-25(18-27)21-37-33(43)16-17-34(44)45/h1-15,18-19,31-32,35,42H,16-17,20-23H2,(H,37,43)(H,44,45). The second-order valence-corrected chi connectivity index (χ2v) is 12.4. The van der Waals surface area contributed by atoms with Crippen LogP contribution in [0.3, 0.4) is 0 Å². The average molecular weight is 666 g/mol. The van der Waals surface area contributed by atoms with Crippen LogP contribution < -0.4 is 5.32 Å². The summed E-state index contributed by atoms with van der Waals surface area (Å²) >= 11 is 1.52. The fraction of sp³-hybridized carbons (Fsp3) is 0.250. The summed E-state index contributed by atoms with van der Waals surface area (Å²) in [4.78, 5) is 22.8. The van der Waals surface area contributed by atoms with Crippen LogP contribution in [-0.2, 0) is 32.2 Å². The Morgan fingerprint density at radius 1 is 0.854 bits per heavy atom. The number of carbonyl (C=O) groups is 2. The highest BCUT2D eigenvalue weighted by Crippen LogP contribution is 2.40. The minimum Gasteiger partial charge on any atom is -0.481 e. The number of aliphatic hydroxyl groups excluding tert-OH is 1. The van der Waals surface area contributed by atoms with Crippen molar-refractivity contribution < 1.29 is 29.3 Å². The lowest BCUT2D eigenvalue weighted by atomic mass is 9.99. The number of thioether (sulfide) groups is 1. The molecule has 1 aromatic heterocycles. The maximum atomic E-state index is 12.1. The molecule has 5 aromatic rings. The molecule has 0 saturated carbocycles. The summed E-state index contributed by atoms with van der Waals surface area (Å²) in [7, 11) is 0. The highest BCUT2D eigenvalue weighted by atomic mass is 32.2. The number of carbonyl (C=O) groups excluding carboxylic acids is 1. The number of ether oxygens (including phenoxy) is 2. The maximum absolute atomic E-state index is 12.1. The van der Waals surface area contributed by atoms with Crippen LogP contribution in [0.4, 0.5) is 0 Å². The van der Waals surface area contributed by atoms with E-state index in [1.165, 1.54) is 11.8 Å². The number of benzene rings is 4. The number of hydrogen-bond donors (Lipinski definition) is 3. The number of nitrogens with one attached hydrogen (secondary N) is 1. The van der Waals surface area contributed by atoms with Crippen molar-refractivity contribution in [1.29, 1.82) is 0 Å². The number of aliphatic hydroxyl groups is 1. The van der Waals surface area contributed by atoms with Crippen molar-refractivity contribution in [3.8, 4) is 16.8 Å². The molecule has 11 nitrogen and oxygen atoms in total. The Morgan fingerprint density at radius 2 is 1.62 bits per heavy atom. The highest BCUT2D eigenvalue weighted by molar-refractivity contribution is 7.99. The van der Waals surface area contributed by atoms with Gasteiger partial charge in [-0.3, -0.25) is 9.59 Å². The molecule has 0 spiro atoms. The first kappa shape index (κ1) is 33.0. The molecular formula is C36H35N5O6S. The minimum atomic E-state index is -1.00. The van der Waals surface area contributed by atoms with Crippen LogP contribution in [0.5, 0.6) is 0 Å². The smallest absolute Gasteiger partial charge is 0.303 e. The average Bonchev–Trinajstić information content (AvgIpc) is 3.61. The number of rotatable bonds is 13. The zero-order valence-corrected chi connectivity index (χ0v) is 26.8. The zero-order chi connectivity index (χ0) is 33.3. The summed E-state index contributed by atoms with van der Waals surface area (Å²) in [5.74, 6) is -0.710. The van der Waals surface area contributed by atoms with Crippen molar-refractivity contribution in [1.82, 2.24) is 25.5 Å². The molecule has 3 atom stereocenters. The topological polar surface area (TPSA) is 149 Å². The van der Waals surface area contributed by atoms with Gasteiger partial charge in [-0.25, -0.2) is 0 Å². The Bertz CT molecular complexity index is 1830. The third-order valence-corrected chi connectivity index (χ3v) is 8.98. The SMILES string of the molecule is O=C(O)CCC(=O)NCc1cccc(-c2cccc(C3OC(CSc4nnnn4-c4ccccc4)CC(c4ccc(CO)cc4)O3)c2)c1. The Hall–Kier alpha value is -4.88. The van der Waals surface area contributed by atoms with Crippen molar-refractivity contribution in [3.05, 3.63) is 125 Å². The lowest BCUT2D eigenvalue weighted by Crippen LogP contribution is -2.31. The Balaban J connectivity index is 1.20. The van der Waals surface area contributed by atoms with Gasteiger partial charge < -0.3 is 25.0 Å². The molecule has 0 bridgehead atoms. The van der Waals surface area contributed by atoms with Crippen LogP contribution >= 0.6 is 11.8 Å². The normalized spacial score (nSPS) is 17.6. The van der Waals surface area contributed by atoms with E-state index in [0.717, 1.165) is 39.1 Å². The Morgan fingerprint density at radius 3 is 2.40 bits per heavy atom. The molecular weight excluding hydrogens is 630 g/mol. The van der Waals surface area contributed by atoms with Crippen LogP contribution in [0.2, 0.25) is 0 Å². The van der Waals surface area contributed by atoms with Gasteiger partial charge in [0.1, 0.15) is 0 Å². The molecule has 48 heavy (non-hydrogen) atoms. The van der Waals surface area contributed by atoms with E-state index in [0.29, 0.717) is 23.9 Å². The van der Waals surface area contributed by atoms with Gasteiger partial charge in [-0.1, -0.05) is 90.6 Å². The van der Waals surface area contributed by atoms with E-state index in [-0.39, 0.29) is 37.6 Å². The predicted octanol–water partition coefficient (Wildman–Crippen LogP) is 5.64. The summed E-state index contributed by atoms with van der Waals surface area (Å²) < 4.78 is 14.9. The number of hydrogen-bond acceptors (Lipinski definition) is 9. The van der Waals surface area contributed by atoms with Crippen LogP contribution in [-0.4, -0.2) is 54.2 Å². The lowest BCUT2D eigenvalue weighted by molar-refractivity contribution is -0.245. The number of aliphatic carboxylic acids is 1. The van der Waals surface area contributed by atoms with E-state index in [4.69, 9.17) is 14.6 Å². The number of nitrogens with zero attached hydrogens (tertiary/aromatic N) is 4. The first-order chi connectivity index (χ1) is 23.4. The van der Waals surface area contributed by atoms with E-state index in [1.54, 1.807) is 4.68 Å². The van der Waals surface area contributed by atoms with Crippen LogP contribution in [0.1, 0.15) is 53.9 Å². The van der Waals surface area contributed by atoms with E-state index in [9.17, 15) is 14.7 Å². The summed E-state index contributed by atoms with van der Waals surface area (Å²) in [6.07, 6.45) is -0.722. The zero-order valence-electron chi connectivity index (χ0n) is 26.0. The van der Waals surface area contributed by atoms with E-state index < -0.39 is 12.3 Å². The van der Waals surface area contributed by atoms with Crippen molar-refractivity contribution >= 4 is 23.6 Å². The molecule has 12 heteroatoms. The molecule has 3 N–H and O–H groups in total. The third-order valence-electron chi connectivity index (χ3n) is 7.93. The molecule has 1 aliphatic rings. The predicted molar refractivity (Wildman–Crippen MR) is 179 cm³/mol. The number of para-hydroxylation sites is 1. The Kier molecular flexibility index (Phi) is 10.9. The molecule has 1 fully saturated rings. The first-order valence-corrected chi connectivity index (χ1v) is 16.6. The van der Waals surface area contributed by atoms with Crippen LogP contribution in [0, 0.1) is 0 Å². The monoisotopic (exact) mass is 665 g/mol. The molecule has 246 valence electrons. The molecule has 2 heterocycles. The summed E-state index contributed by atoms with van der Waals surface area (Å²) in [5, 5.41) is 34.2. The molecule has 0 radical (unpaired) electrons. The second kappa shape index (κ2) is 15.8. The number of amides is 1. The second-order valence-electron chi connectivity index (χ2n) is 11.4. The molecule has 6 rings (SSSR count). The van der Waals surface area contributed by atoms with E-state index in [2.05, 4.69) is 20.8 Å². The fourth-order valence-corrected chi connectivity index (χ4v) is 6.33. The third kappa shape index (κ3) is 8.52. The van der Waals surface area contributed by atoms with E-state index >= 15 is 0 Å². The molecule has 1 saturated heterocycles. The maximum Gasteiger partial charge on any atom is 0.303 e. The summed E-state index contributed by atoms with van der Waals surface area (Å²) in [6, 6.07) is 33.4. The van der Waals surface area contributed by atoms with Crippen LogP contribution in [0.15, 0.2) is 108 Å². The molecule has 4 aromatic carbocycles. The van der Waals surface area contributed by atoms with Crippen molar-refractivity contribution in [2.45, 2.75) is 56.1 Å². The highest BCUT2D eigenvalue weighted by Gasteiger charge is 2.33. The minimum absolute atomic E-state index is 0.0297. The van der Waals surface area contributed by atoms with Crippen molar-refractivity contribution in [2.75, 3.05) is 5.75 Å². The largest absolute Gasteiger partial charge is 0.481 e. The number of carboxylic acids is 1. The van der Waals surface area contributed by atoms with Gasteiger partial charge in [-0.2, -0.15) is 4.68 Å². The van der Waals surface area contributed by atoms with Gasteiger partial charge >= 0.3 is 5.97 Å². The van der Waals surface area contributed by atoms with E-state index in [1.807, 2.05) is 103 Å². The van der Waals surface area contributed by atoms with Gasteiger partial charge in [-0.05, 0) is 62.5 Å². The van der Waals surface area contributed by atoms with Gasteiger partial charge in [0, 0.05) is 30.7 Å². The molecule has 1 aliphatic heterocycles. The molecule has 1 amide bonds. The van der Waals surface area contributed by atoms with Gasteiger partial charge in [0.25, 0.3) is 0 Å². The first-order valence-electron chi connectivity index (χ1n) is 15.6. The van der Waals surface area contributed by atoms with Crippen molar-refractivity contribution in [2.24, 2.45) is 0 Å². The number of tetrazole rings is 1. The molecule has 3 unspecified atom stereocenters. The number of aromatic nitrogens is 4. The van der Waals surface area contributed by atoms with Crippen LogP contribution in [0.25, 0.3) is 16.8 Å². The summed E-state index contributed by atoms with van der Waals surface area (Å²) in [6.45, 7) is 0.266. The molecule has 0 aliphatic carbocycles.